The van der Waals surface area contributed by atoms with Gasteiger partial charge in [0.1, 0.15) is 12.2 Å². The Hall–Kier alpha value is -3.49. The molecular weight excluding hydrogens is 496 g/mol. The summed E-state index contributed by atoms with van der Waals surface area (Å²) in [6.45, 7) is 10.9. The highest BCUT2D eigenvalue weighted by atomic mass is 32.1. The van der Waals surface area contributed by atoms with Gasteiger partial charge in [0.25, 0.3) is 0 Å². The van der Waals surface area contributed by atoms with Crippen LogP contribution in [0.1, 0.15) is 57.7 Å². The van der Waals surface area contributed by atoms with Crippen LogP contribution in [0.15, 0.2) is 60.0 Å². The number of carbonyl (C=O) groups is 3. The number of hydrogen-bond acceptors (Lipinski definition) is 5. The normalized spacial score (nSPS) is 13.5. The van der Waals surface area contributed by atoms with E-state index in [1.54, 1.807) is 18.3 Å². The minimum Gasteiger partial charge on any atom is -0.343 e. The Balaban J connectivity index is 0.00000247. The summed E-state index contributed by atoms with van der Waals surface area (Å²) in [5.74, 6) is -1.07. The van der Waals surface area contributed by atoms with Gasteiger partial charge >= 0.3 is 0 Å². The SMILES string of the molecule is C/C=C(/CC(NC(C)=O)NC(=O)[C@@H](Cc1csc2ccccc12)NC(=O)C(C)N)c1ccccc1C.CC. The van der Waals surface area contributed by atoms with E-state index < -0.39 is 30.1 Å². The Morgan fingerprint density at radius 1 is 0.974 bits per heavy atom. The van der Waals surface area contributed by atoms with E-state index in [-0.39, 0.29) is 5.91 Å². The summed E-state index contributed by atoms with van der Waals surface area (Å²) in [6, 6.07) is 14.3. The van der Waals surface area contributed by atoms with Crippen molar-refractivity contribution in [2.75, 3.05) is 0 Å². The summed E-state index contributed by atoms with van der Waals surface area (Å²) in [4.78, 5) is 37.9. The largest absolute Gasteiger partial charge is 0.343 e. The average Bonchev–Trinajstić information content (AvgIpc) is 3.30. The third-order valence-electron chi connectivity index (χ3n) is 5.99. The molecule has 1 heterocycles. The Bertz CT molecular complexity index is 1270. The summed E-state index contributed by atoms with van der Waals surface area (Å²) in [5, 5.41) is 11.6. The van der Waals surface area contributed by atoms with Gasteiger partial charge in [-0.25, -0.2) is 0 Å². The Labute approximate surface area is 229 Å². The number of rotatable bonds is 10. The maximum atomic E-state index is 13.5. The summed E-state index contributed by atoms with van der Waals surface area (Å²) in [7, 11) is 0. The highest BCUT2D eigenvalue weighted by Gasteiger charge is 2.26. The molecule has 0 bridgehead atoms. The van der Waals surface area contributed by atoms with Gasteiger partial charge in [-0.3, -0.25) is 14.4 Å². The molecule has 3 amide bonds. The van der Waals surface area contributed by atoms with Gasteiger partial charge in [0.2, 0.25) is 17.7 Å². The van der Waals surface area contributed by atoms with Crippen LogP contribution in [0.25, 0.3) is 15.7 Å². The quantitative estimate of drug-likeness (QED) is 0.282. The molecule has 0 spiro atoms. The Morgan fingerprint density at radius 3 is 2.26 bits per heavy atom. The number of allylic oxidation sites excluding steroid dienone is 1. The van der Waals surface area contributed by atoms with Crippen molar-refractivity contribution in [3.63, 3.8) is 0 Å². The van der Waals surface area contributed by atoms with Gasteiger partial charge in [0.05, 0.1) is 6.04 Å². The van der Waals surface area contributed by atoms with Gasteiger partial charge < -0.3 is 21.7 Å². The molecule has 2 unspecified atom stereocenters. The van der Waals surface area contributed by atoms with E-state index in [9.17, 15) is 14.4 Å². The van der Waals surface area contributed by atoms with Crippen molar-refractivity contribution >= 4 is 44.7 Å². The summed E-state index contributed by atoms with van der Waals surface area (Å²) >= 11 is 1.59. The summed E-state index contributed by atoms with van der Waals surface area (Å²) in [6.07, 6.45) is 2.02. The van der Waals surface area contributed by atoms with Crippen LogP contribution in [0.3, 0.4) is 0 Å². The summed E-state index contributed by atoms with van der Waals surface area (Å²) < 4.78 is 1.11. The van der Waals surface area contributed by atoms with Gasteiger partial charge in [-0.15, -0.1) is 11.3 Å². The van der Waals surface area contributed by atoms with Crippen LogP contribution in [0, 0.1) is 6.92 Å². The van der Waals surface area contributed by atoms with Crippen LogP contribution in [-0.4, -0.2) is 36.0 Å². The van der Waals surface area contributed by atoms with Crippen molar-refractivity contribution in [1.82, 2.24) is 16.0 Å². The van der Waals surface area contributed by atoms with Crippen molar-refractivity contribution in [3.05, 3.63) is 76.7 Å². The molecule has 0 radical (unpaired) electrons. The van der Waals surface area contributed by atoms with Crippen LogP contribution >= 0.6 is 11.3 Å². The molecule has 3 aromatic rings. The number of hydrogen-bond donors (Lipinski definition) is 4. The first-order valence-corrected chi connectivity index (χ1v) is 13.9. The van der Waals surface area contributed by atoms with E-state index in [2.05, 4.69) is 16.0 Å². The third kappa shape index (κ3) is 8.53. The number of thiophene rings is 1. The van der Waals surface area contributed by atoms with E-state index in [1.165, 1.54) is 6.92 Å². The van der Waals surface area contributed by atoms with Crippen molar-refractivity contribution < 1.29 is 14.4 Å². The lowest BCUT2D eigenvalue weighted by Crippen LogP contribution is -2.56. The monoisotopic (exact) mass is 536 g/mol. The zero-order valence-corrected chi connectivity index (χ0v) is 23.9. The number of nitrogens with two attached hydrogens (primary N) is 1. The van der Waals surface area contributed by atoms with E-state index in [4.69, 9.17) is 5.73 Å². The zero-order valence-electron chi connectivity index (χ0n) is 23.1. The highest BCUT2D eigenvalue weighted by Crippen LogP contribution is 2.27. The fourth-order valence-corrected chi connectivity index (χ4v) is 5.09. The lowest BCUT2D eigenvalue weighted by Gasteiger charge is -2.26. The van der Waals surface area contributed by atoms with E-state index >= 15 is 0 Å². The molecule has 0 aliphatic rings. The van der Waals surface area contributed by atoms with Crippen LogP contribution in [-0.2, 0) is 20.8 Å². The predicted molar refractivity (Wildman–Crippen MR) is 158 cm³/mol. The van der Waals surface area contributed by atoms with Gasteiger partial charge in [-0.1, -0.05) is 62.4 Å². The molecule has 0 saturated carbocycles. The molecule has 38 heavy (non-hydrogen) atoms. The number of fused-ring (bicyclic) bond motifs is 1. The fraction of sp³-hybridized carbons (Fsp3) is 0.367. The first-order valence-electron chi connectivity index (χ1n) is 13.0. The molecule has 8 heteroatoms. The smallest absolute Gasteiger partial charge is 0.244 e. The second-order valence-corrected chi connectivity index (χ2v) is 9.82. The van der Waals surface area contributed by atoms with Crippen LogP contribution in [0.5, 0.6) is 0 Å². The zero-order chi connectivity index (χ0) is 28.2. The Morgan fingerprint density at radius 2 is 1.63 bits per heavy atom. The first kappa shape index (κ1) is 30.7. The number of aryl methyl sites for hydroxylation is 1. The average molecular weight is 537 g/mol. The fourth-order valence-electron chi connectivity index (χ4n) is 4.12. The van der Waals surface area contributed by atoms with Crippen molar-refractivity contribution in [2.45, 2.75) is 72.6 Å². The molecule has 2 aromatic carbocycles. The van der Waals surface area contributed by atoms with Crippen molar-refractivity contribution in [3.8, 4) is 0 Å². The van der Waals surface area contributed by atoms with Gasteiger partial charge in [-0.2, -0.15) is 0 Å². The lowest BCUT2D eigenvalue weighted by molar-refractivity contribution is -0.130. The van der Waals surface area contributed by atoms with Crippen molar-refractivity contribution in [1.29, 1.82) is 0 Å². The van der Waals surface area contributed by atoms with Crippen LogP contribution in [0.4, 0.5) is 0 Å². The Kier molecular flexibility index (Phi) is 12.2. The molecule has 204 valence electrons. The van der Waals surface area contributed by atoms with E-state index in [1.807, 2.05) is 87.7 Å². The highest BCUT2D eigenvalue weighted by molar-refractivity contribution is 7.17. The molecule has 0 aliphatic heterocycles. The summed E-state index contributed by atoms with van der Waals surface area (Å²) in [5.41, 5.74) is 9.88. The maximum Gasteiger partial charge on any atom is 0.244 e. The number of carbonyl (C=O) groups excluding carboxylic acids is 3. The molecule has 3 rings (SSSR count). The van der Waals surface area contributed by atoms with Crippen molar-refractivity contribution in [2.24, 2.45) is 5.73 Å². The molecule has 5 N–H and O–H groups in total. The topological polar surface area (TPSA) is 113 Å². The second-order valence-electron chi connectivity index (χ2n) is 8.91. The number of benzene rings is 2. The first-order chi connectivity index (χ1) is 18.2. The van der Waals surface area contributed by atoms with Crippen LogP contribution < -0.4 is 21.7 Å². The number of nitrogens with one attached hydrogen (secondary N) is 3. The lowest BCUT2D eigenvalue weighted by atomic mass is 9.96. The van der Waals surface area contributed by atoms with Gasteiger partial charge in [0.15, 0.2) is 0 Å². The molecule has 0 saturated heterocycles. The molecule has 0 aliphatic carbocycles. The molecule has 7 nitrogen and oxygen atoms in total. The molecular formula is C30H40N4O3S. The predicted octanol–water partition coefficient (Wildman–Crippen LogP) is 4.68. The molecule has 3 atom stereocenters. The third-order valence-corrected chi connectivity index (χ3v) is 7.00. The van der Waals surface area contributed by atoms with Gasteiger partial charge in [0, 0.05) is 24.5 Å². The number of amides is 3. The molecule has 0 fully saturated rings. The van der Waals surface area contributed by atoms with E-state index in [0.29, 0.717) is 12.8 Å². The minimum absolute atomic E-state index is 0.263. The minimum atomic E-state index is -0.856. The molecule has 1 aromatic heterocycles. The second kappa shape index (κ2) is 15.1. The van der Waals surface area contributed by atoms with Gasteiger partial charge in [-0.05, 0) is 59.9 Å². The van der Waals surface area contributed by atoms with Crippen LogP contribution in [0.2, 0.25) is 0 Å². The van der Waals surface area contributed by atoms with E-state index in [0.717, 1.165) is 32.3 Å². The maximum absolute atomic E-state index is 13.5. The standard InChI is InChI=1S/C28H34N4O3S.C2H6/c1-5-20(22-11-7-6-10-17(22)2)15-26(30-19(4)33)32-28(35)24(31-27(34)18(3)29)14-21-16-36-25-13-9-8-12-23(21)25;1-2/h5-13,16,18,24,26H,14-15,29H2,1-4H3,(H,30,33)(H,31,34)(H,32,35);1-2H3/b20-5-;/t18?,24-,26?;/m1./s1.